The summed E-state index contributed by atoms with van der Waals surface area (Å²) in [6.45, 7) is 1.54. The van der Waals surface area contributed by atoms with Crippen molar-refractivity contribution in [3.8, 4) is 0 Å². The molecule has 9 heteroatoms. The summed E-state index contributed by atoms with van der Waals surface area (Å²) < 4.78 is 50.4. The minimum atomic E-state index is -3.98. The first kappa shape index (κ1) is 16.7. The molecule has 1 aromatic rings. The number of aromatic carboxylic acids is 1. The minimum absolute atomic E-state index is 0.0643. The number of halogens is 1. The minimum Gasteiger partial charge on any atom is -0.478 e. The lowest BCUT2D eigenvalue weighted by atomic mass is 10.2. The lowest BCUT2D eigenvalue weighted by Gasteiger charge is -2.11. The molecule has 1 aromatic carbocycles. The normalized spacial score (nSPS) is 14.8. The van der Waals surface area contributed by atoms with E-state index in [4.69, 9.17) is 5.11 Å². The van der Waals surface area contributed by atoms with Gasteiger partial charge in [-0.05, 0) is 25.1 Å². The summed E-state index contributed by atoms with van der Waals surface area (Å²) in [6.07, 6.45) is 1.44. The quantitative estimate of drug-likeness (QED) is 0.797. The van der Waals surface area contributed by atoms with Crippen LogP contribution in [0.5, 0.6) is 0 Å². The molecule has 1 rings (SSSR count). The molecule has 0 spiro atoms. The van der Waals surface area contributed by atoms with Crippen molar-refractivity contribution >= 4 is 26.8 Å². The van der Waals surface area contributed by atoms with Gasteiger partial charge in [-0.15, -0.1) is 0 Å². The average molecular weight is 323 g/mol. The fraction of sp³-hybridized carbons (Fsp3) is 0.364. The molecule has 112 valence electrons. The number of carboxylic acids is 1. The third kappa shape index (κ3) is 4.09. The van der Waals surface area contributed by atoms with E-state index in [1.54, 1.807) is 6.92 Å². The first-order valence-electron chi connectivity index (χ1n) is 5.50. The van der Waals surface area contributed by atoms with Gasteiger partial charge in [0.25, 0.3) is 0 Å². The van der Waals surface area contributed by atoms with Crippen molar-refractivity contribution in [1.82, 2.24) is 4.72 Å². The van der Waals surface area contributed by atoms with Crippen LogP contribution in [0.4, 0.5) is 4.39 Å². The Kier molecular flexibility index (Phi) is 5.37. The molecule has 0 aromatic heterocycles. The van der Waals surface area contributed by atoms with Crippen LogP contribution in [0.1, 0.15) is 17.3 Å². The SMILES string of the molecule is CC(CNS(=O)(=O)c1ccc(F)c(C(=O)O)c1)S(C)=O. The molecule has 20 heavy (non-hydrogen) atoms. The van der Waals surface area contributed by atoms with Crippen LogP contribution in [0.25, 0.3) is 0 Å². The number of sulfonamides is 1. The van der Waals surface area contributed by atoms with Crippen LogP contribution in [0.2, 0.25) is 0 Å². The van der Waals surface area contributed by atoms with Crippen LogP contribution in [-0.2, 0) is 20.8 Å². The Morgan fingerprint density at radius 3 is 2.60 bits per heavy atom. The molecule has 0 fully saturated rings. The third-order valence-electron chi connectivity index (χ3n) is 2.61. The molecule has 0 aliphatic heterocycles. The molecular weight excluding hydrogens is 309 g/mol. The number of carboxylic acid groups (broad SMARTS) is 1. The highest BCUT2D eigenvalue weighted by Crippen LogP contribution is 2.15. The van der Waals surface area contributed by atoms with Gasteiger partial charge in [0.1, 0.15) is 5.82 Å². The summed E-state index contributed by atoms with van der Waals surface area (Å²) in [5.41, 5.74) is -0.722. The molecular formula is C11H14FNO5S2. The van der Waals surface area contributed by atoms with Crippen molar-refractivity contribution in [2.24, 2.45) is 0 Å². The molecule has 2 N–H and O–H groups in total. The van der Waals surface area contributed by atoms with Gasteiger partial charge in [0.15, 0.2) is 0 Å². The third-order valence-corrected chi connectivity index (χ3v) is 5.33. The number of hydrogen-bond donors (Lipinski definition) is 2. The highest BCUT2D eigenvalue weighted by molar-refractivity contribution is 7.89. The maximum Gasteiger partial charge on any atom is 0.338 e. The molecule has 2 unspecified atom stereocenters. The van der Waals surface area contributed by atoms with Crippen LogP contribution >= 0.6 is 0 Å². The van der Waals surface area contributed by atoms with Gasteiger partial charge in [-0.3, -0.25) is 4.21 Å². The average Bonchev–Trinajstić information content (AvgIpc) is 2.35. The zero-order valence-corrected chi connectivity index (χ0v) is 12.4. The van der Waals surface area contributed by atoms with Crippen molar-refractivity contribution < 1.29 is 26.9 Å². The second kappa shape index (κ2) is 6.42. The standard InChI is InChI=1S/C11H14FNO5S2/c1-7(19(2)16)6-13-20(17,18)8-3-4-10(12)9(5-8)11(14)15/h3-5,7,13H,6H2,1-2H3,(H,14,15). The topological polar surface area (TPSA) is 101 Å². The first-order valence-corrected chi connectivity index (χ1v) is 8.60. The molecule has 0 amide bonds. The number of hydrogen-bond acceptors (Lipinski definition) is 4. The summed E-state index contributed by atoms with van der Waals surface area (Å²) in [6, 6.07) is 2.49. The lowest BCUT2D eigenvalue weighted by Crippen LogP contribution is -2.32. The fourth-order valence-electron chi connectivity index (χ4n) is 1.26. The Morgan fingerprint density at radius 2 is 2.10 bits per heavy atom. The van der Waals surface area contributed by atoms with Gasteiger partial charge in [0.05, 0.1) is 10.5 Å². The summed E-state index contributed by atoms with van der Waals surface area (Å²) in [5.74, 6) is -2.57. The number of carbonyl (C=O) groups is 1. The monoisotopic (exact) mass is 323 g/mol. The van der Waals surface area contributed by atoms with Crippen LogP contribution in [0.15, 0.2) is 23.1 Å². The number of rotatable bonds is 6. The Morgan fingerprint density at radius 1 is 1.50 bits per heavy atom. The highest BCUT2D eigenvalue weighted by atomic mass is 32.2. The van der Waals surface area contributed by atoms with Crippen LogP contribution in [-0.4, -0.2) is 41.8 Å². The van der Waals surface area contributed by atoms with Crippen molar-refractivity contribution in [3.05, 3.63) is 29.6 Å². The molecule has 6 nitrogen and oxygen atoms in total. The Bertz CT molecular complexity index is 644. The van der Waals surface area contributed by atoms with Gasteiger partial charge in [-0.1, -0.05) is 0 Å². The maximum absolute atomic E-state index is 13.2. The Hall–Kier alpha value is -1.32. The molecule has 0 bridgehead atoms. The maximum atomic E-state index is 13.2. The summed E-state index contributed by atoms with van der Waals surface area (Å²) in [7, 11) is -5.17. The van der Waals surface area contributed by atoms with E-state index in [0.717, 1.165) is 18.2 Å². The largest absolute Gasteiger partial charge is 0.478 e. The van der Waals surface area contributed by atoms with E-state index < -0.39 is 43.4 Å². The molecule has 0 radical (unpaired) electrons. The van der Waals surface area contributed by atoms with Gasteiger partial charge in [-0.2, -0.15) is 0 Å². The van der Waals surface area contributed by atoms with Gasteiger partial charge in [0, 0.05) is 28.9 Å². The summed E-state index contributed by atoms with van der Waals surface area (Å²) in [5, 5.41) is 8.35. The van der Waals surface area contributed by atoms with E-state index in [2.05, 4.69) is 4.72 Å². The van der Waals surface area contributed by atoms with E-state index in [0.29, 0.717) is 0 Å². The predicted molar refractivity (Wildman–Crippen MR) is 72.1 cm³/mol. The molecule has 0 aliphatic carbocycles. The number of nitrogens with one attached hydrogen (secondary N) is 1. The van der Waals surface area contributed by atoms with Gasteiger partial charge >= 0.3 is 5.97 Å². The lowest BCUT2D eigenvalue weighted by molar-refractivity contribution is 0.0691. The first-order chi connectivity index (χ1) is 9.15. The highest BCUT2D eigenvalue weighted by Gasteiger charge is 2.20. The van der Waals surface area contributed by atoms with Crippen LogP contribution < -0.4 is 4.72 Å². The fourth-order valence-corrected chi connectivity index (χ4v) is 2.84. The van der Waals surface area contributed by atoms with Crippen molar-refractivity contribution in [1.29, 1.82) is 0 Å². The predicted octanol–water partition coefficient (Wildman–Crippen LogP) is 0.569. The zero-order valence-electron chi connectivity index (χ0n) is 10.8. The number of benzene rings is 1. The van der Waals surface area contributed by atoms with Crippen molar-refractivity contribution in [2.75, 3.05) is 12.8 Å². The van der Waals surface area contributed by atoms with Gasteiger partial charge < -0.3 is 5.11 Å². The van der Waals surface area contributed by atoms with Gasteiger partial charge in [0.2, 0.25) is 10.0 Å². The van der Waals surface area contributed by atoms with E-state index in [9.17, 15) is 21.8 Å². The molecule has 0 heterocycles. The summed E-state index contributed by atoms with van der Waals surface area (Å²) in [4.78, 5) is 10.4. The second-order valence-corrected chi connectivity index (χ2v) is 7.68. The molecule has 0 saturated heterocycles. The van der Waals surface area contributed by atoms with Crippen molar-refractivity contribution in [2.45, 2.75) is 17.1 Å². The van der Waals surface area contributed by atoms with E-state index in [1.807, 2.05) is 0 Å². The van der Waals surface area contributed by atoms with E-state index >= 15 is 0 Å². The zero-order chi connectivity index (χ0) is 15.5. The molecule has 0 aliphatic rings. The Balaban J connectivity index is 3.01. The smallest absolute Gasteiger partial charge is 0.338 e. The van der Waals surface area contributed by atoms with Crippen molar-refractivity contribution in [3.63, 3.8) is 0 Å². The van der Waals surface area contributed by atoms with Crippen LogP contribution in [0, 0.1) is 5.82 Å². The van der Waals surface area contributed by atoms with E-state index in [-0.39, 0.29) is 11.4 Å². The summed E-state index contributed by atoms with van der Waals surface area (Å²) >= 11 is 0. The second-order valence-electron chi connectivity index (χ2n) is 4.11. The van der Waals surface area contributed by atoms with E-state index in [1.165, 1.54) is 6.26 Å². The van der Waals surface area contributed by atoms with Gasteiger partial charge in [-0.25, -0.2) is 22.3 Å². The molecule has 0 saturated carbocycles. The Labute approximate surface area is 118 Å². The molecule has 2 atom stereocenters. The van der Waals surface area contributed by atoms with Crippen LogP contribution in [0.3, 0.4) is 0 Å².